The Hall–Kier alpha value is -2.22. The van der Waals surface area contributed by atoms with Crippen molar-refractivity contribution in [3.05, 3.63) is 27.6 Å². The zero-order valence-electron chi connectivity index (χ0n) is 13.1. The summed E-state index contributed by atoms with van der Waals surface area (Å²) in [6, 6.07) is 0. The van der Waals surface area contributed by atoms with Crippen LogP contribution >= 0.6 is 11.3 Å². The number of piperazine rings is 1. The van der Waals surface area contributed by atoms with E-state index >= 15 is 0 Å². The van der Waals surface area contributed by atoms with Crippen LogP contribution in [0.1, 0.15) is 12.5 Å². The molecular weight excluding hydrogens is 316 g/mol. The zero-order valence-corrected chi connectivity index (χ0v) is 13.9. The Labute approximate surface area is 137 Å². The summed E-state index contributed by atoms with van der Waals surface area (Å²) in [5, 5.41) is 2.48. The number of carbonyl (C=O) groups excluding carboxylic acids is 2. The van der Waals surface area contributed by atoms with Crippen LogP contribution in [0.15, 0.2) is 16.5 Å². The highest BCUT2D eigenvalue weighted by atomic mass is 32.1. The second kappa shape index (κ2) is 6.11. The molecule has 3 heterocycles. The summed E-state index contributed by atoms with van der Waals surface area (Å²) in [4.78, 5) is 44.5. The van der Waals surface area contributed by atoms with Crippen molar-refractivity contribution in [1.82, 2.24) is 19.4 Å². The fourth-order valence-electron chi connectivity index (χ4n) is 2.73. The van der Waals surface area contributed by atoms with Crippen LogP contribution in [0, 0.1) is 6.92 Å². The van der Waals surface area contributed by atoms with Crippen LogP contribution in [-0.2, 0) is 16.1 Å². The average Bonchev–Trinajstić information content (AvgIpc) is 2.92. The molecule has 0 saturated carbocycles. The summed E-state index contributed by atoms with van der Waals surface area (Å²) < 4.78 is 1.36. The number of fused-ring (bicyclic) bond motifs is 1. The van der Waals surface area contributed by atoms with Crippen molar-refractivity contribution >= 4 is 33.4 Å². The van der Waals surface area contributed by atoms with E-state index in [1.54, 1.807) is 9.80 Å². The van der Waals surface area contributed by atoms with Crippen LogP contribution < -0.4 is 5.56 Å². The quantitative estimate of drug-likeness (QED) is 0.799. The monoisotopic (exact) mass is 334 g/mol. The van der Waals surface area contributed by atoms with Crippen molar-refractivity contribution in [2.45, 2.75) is 20.4 Å². The van der Waals surface area contributed by atoms with Crippen LogP contribution in [0.3, 0.4) is 0 Å². The molecule has 8 heteroatoms. The maximum atomic E-state index is 12.5. The molecule has 1 saturated heterocycles. The van der Waals surface area contributed by atoms with Crippen molar-refractivity contribution in [2.75, 3.05) is 26.2 Å². The van der Waals surface area contributed by atoms with Crippen molar-refractivity contribution < 1.29 is 9.59 Å². The van der Waals surface area contributed by atoms with E-state index in [4.69, 9.17) is 0 Å². The molecule has 1 aliphatic rings. The first-order valence-electron chi connectivity index (χ1n) is 7.44. The summed E-state index contributed by atoms with van der Waals surface area (Å²) in [5.41, 5.74) is 0.712. The molecule has 2 amide bonds. The van der Waals surface area contributed by atoms with E-state index in [0.29, 0.717) is 36.4 Å². The molecule has 0 bridgehead atoms. The van der Waals surface area contributed by atoms with Crippen LogP contribution in [0.2, 0.25) is 0 Å². The van der Waals surface area contributed by atoms with Crippen LogP contribution in [-0.4, -0.2) is 57.3 Å². The molecule has 2 aromatic heterocycles. The van der Waals surface area contributed by atoms with E-state index in [1.165, 1.54) is 29.2 Å². The number of hydrogen-bond acceptors (Lipinski definition) is 5. The Bertz CT molecular complexity index is 818. The Balaban J connectivity index is 1.74. The predicted molar refractivity (Wildman–Crippen MR) is 87.5 cm³/mol. The van der Waals surface area contributed by atoms with Gasteiger partial charge in [0.15, 0.2) is 0 Å². The SMILES string of the molecule is CC(=O)N1CCN(C(=O)Cn2cnc3scc(C)c3c2=O)CC1. The Morgan fingerprint density at radius 3 is 2.52 bits per heavy atom. The molecule has 0 aliphatic carbocycles. The third-order valence-corrected chi connectivity index (χ3v) is 5.13. The highest BCUT2D eigenvalue weighted by Crippen LogP contribution is 2.19. The first kappa shape index (κ1) is 15.7. The van der Waals surface area contributed by atoms with Crippen molar-refractivity contribution in [3.63, 3.8) is 0 Å². The normalized spacial score (nSPS) is 15.2. The number of hydrogen-bond donors (Lipinski definition) is 0. The molecule has 7 nitrogen and oxygen atoms in total. The number of aryl methyl sites for hydroxylation is 1. The Morgan fingerprint density at radius 1 is 1.22 bits per heavy atom. The zero-order chi connectivity index (χ0) is 16.6. The smallest absolute Gasteiger partial charge is 0.262 e. The Kier molecular flexibility index (Phi) is 4.16. The molecule has 2 aromatic rings. The van der Waals surface area contributed by atoms with Gasteiger partial charge in [-0.15, -0.1) is 11.3 Å². The van der Waals surface area contributed by atoms with E-state index in [-0.39, 0.29) is 23.9 Å². The van der Waals surface area contributed by atoms with E-state index in [2.05, 4.69) is 4.98 Å². The summed E-state index contributed by atoms with van der Waals surface area (Å²) >= 11 is 1.43. The van der Waals surface area contributed by atoms with Gasteiger partial charge in [0.05, 0.1) is 11.7 Å². The van der Waals surface area contributed by atoms with E-state index in [1.807, 2.05) is 12.3 Å². The van der Waals surface area contributed by atoms with Crippen LogP contribution in [0.25, 0.3) is 10.2 Å². The van der Waals surface area contributed by atoms with Crippen LogP contribution in [0.5, 0.6) is 0 Å². The van der Waals surface area contributed by atoms with Gasteiger partial charge in [0.2, 0.25) is 11.8 Å². The molecular formula is C15H18N4O3S. The summed E-state index contributed by atoms with van der Waals surface area (Å²) in [6.07, 6.45) is 1.43. The third-order valence-electron chi connectivity index (χ3n) is 4.13. The van der Waals surface area contributed by atoms with Gasteiger partial charge in [-0.1, -0.05) is 0 Å². The average molecular weight is 334 g/mol. The number of rotatable bonds is 2. The van der Waals surface area contributed by atoms with Gasteiger partial charge in [-0.2, -0.15) is 0 Å². The highest BCUT2D eigenvalue weighted by Gasteiger charge is 2.23. The van der Waals surface area contributed by atoms with Crippen LogP contribution in [0.4, 0.5) is 0 Å². The highest BCUT2D eigenvalue weighted by molar-refractivity contribution is 7.16. The number of nitrogens with zero attached hydrogens (tertiary/aromatic N) is 4. The molecule has 122 valence electrons. The fourth-order valence-corrected chi connectivity index (χ4v) is 3.61. The fraction of sp³-hybridized carbons (Fsp3) is 0.467. The first-order valence-corrected chi connectivity index (χ1v) is 8.32. The largest absolute Gasteiger partial charge is 0.339 e. The number of amides is 2. The lowest BCUT2D eigenvalue weighted by Gasteiger charge is -2.34. The van der Waals surface area contributed by atoms with Gasteiger partial charge in [0.1, 0.15) is 11.4 Å². The topological polar surface area (TPSA) is 75.5 Å². The molecule has 0 aromatic carbocycles. The number of carbonyl (C=O) groups is 2. The van der Waals surface area contributed by atoms with Gasteiger partial charge < -0.3 is 9.80 Å². The number of aromatic nitrogens is 2. The molecule has 0 N–H and O–H groups in total. The Morgan fingerprint density at radius 2 is 1.87 bits per heavy atom. The second-order valence-corrected chi connectivity index (χ2v) is 6.52. The van der Waals surface area contributed by atoms with E-state index in [9.17, 15) is 14.4 Å². The number of thiophene rings is 1. The summed E-state index contributed by atoms with van der Waals surface area (Å²) in [6.45, 7) is 5.46. The van der Waals surface area contributed by atoms with Gasteiger partial charge in [-0.05, 0) is 17.9 Å². The second-order valence-electron chi connectivity index (χ2n) is 5.66. The third kappa shape index (κ3) is 2.98. The molecule has 0 spiro atoms. The molecule has 0 atom stereocenters. The minimum Gasteiger partial charge on any atom is -0.339 e. The van der Waals surface area contributed by atoms with Crippen molar-refractivity contribution in [1.29, 1.82) is 0 Å². The molecule has 1 fully saturated rings. The van der Waals surface area contributed by atoms with Gasteiger partial charge in [0.25, 0.3) is 5.56 Å². The predicted octanol–water partition coefficient (Wildman–Crippen LogP) is 0.457. The van der Waals surface area contributed by atoms with E-state index < -0.39 is 0 Å². The molecule has 0 radical (unpaired) electrons. The molecule has 1 aliphatic heterocycles. The molecule has 23 heavy (non-hydrogen) atoms. The van der Waals surface area contributed by atoms with E-state index in [0.717, 1.165) is 5.56 Å². The lowest BCUT2D eigenvalue weighted by molar-refractivity contribution is -0.138. The van der Waals surface area contributed by atoms with Crippen molar-refractivity contribution in [2.24, 2.45) is 0 Å². The minimum atomic E-state index is -0.176. The minimum absolute atomic E-state index is 0.0167. The lowest BCUT2D eigenvalue weighted by atomic mass is 10.2. The van der Waals surface area contributed by atoms with Gasteiger partial charge >= 0.3 is 0 Å². The molecule has 0 unspecified atom stereocenters. The first-order chi connectivity index (χ1) is 11.0. The standard InChI is InChI=1S/C15H18N4O3S/c1-10-8-23-14-13(10)15(22)19(9-16-14)7-12(21)18-5-3-17(4-6-18)11(2)20/h8-9H,3-7H2,1-2H3. The maximum absolute atomic E-state index is 12.5. The summed E-state index contributed by atoms with van der Waals surface area (Å²) in [5.74, 6) is -0.0970. The van der Waals surface area contributed by atoms with Gasteiger partial charge in [0, 0.05) is 33.1 Å². The molecule has 3 rings (SSSR count). The lowest BCUT2D eigenvalue weighted by Crippen LogP contribution is -2.51. The van der Waals surface area contributed by atoms with Gasteiger partial charge in [-0.25, -0.2) is 4.98 Å². The summed E-state index contributed by atoms with van der Waals surface area (Å²) in [7, 11) is 0. The van der Waals surface area contributed by atoms with Gasteiger partial charge in [-0.3, -0.25) is 19.0 Å². The van der Waals surface area contributed by atoms with Crippen molar-refractivity contribution in [3.8, 4) is 0 Å². The maximum Gasteiger partial charge on any atom is 0.262 e.